The number of nitrogens with one attached hydrogen (secondary N) is 1. The summed E-state index contributed by atoms with van der Waals surface area (Å²) >= 11 is 9.18. The lowest BCUT2D eigenvalue weighted by atomic mass is 10.1. The van der Waals surface area contributed by atoms with Crippen LogP contribution in [0.25, 0.3) is 0 Å². The maximum atomic E-state index is 13.1. The Hall–Kier alpha value is -1.59. The van der Waals surface area contributed by atoms with Gasteiger partial charge in [0.25, 0.3) is 5.91 Å². The molecule has 2 rings (SSSR count). The Balaban J connectivity index is 2.31. The number of nitrogens with two attached hydrogens (primary N) is 1. The van der Waals surface area contributed by atoms with Crippen LogP contribution in [0, 0.1) is 5.82 Å². The Morgan fingerprint density at radius 3 is 2.79 bits per heavy atom. The van der Waals surface area contributed by atoms with Gasteiger partial charge in [-0.1, -0.05) is 17.7 Å². The van der Waals surface area contributed by atoms with Crippen LogP contribution in [0.2, 0.25) is 5.02 Å². The minimum atomic E-state index is -0.524. The summed E-state index contributed by atoms with van der Waals surface area (Å²) in [7, 11) is 0. The van der Waals surface area contributed by atoms with Crippen molar-refractivity contribution in [2.45, 2.75) is 0 Å². The zero-order chi connectivity index (χ0) is 14.0. The van der Waals surface area contributed by atoms with Crippen LogP contribution in [0.5, 0.6) is 0 Å². The highest BCUT2D eigenvalue weighted by Gasteiger charge is 2.13. The average Bonchev–Trinajstić information content (AvgIpc) is 2.38. The molecule has 19 heavy (non-hydrogen) atoms. The molecule has 1 amide bonds. The molecule has 0 aromatic heterocycles. The van der Waals surface area contributed by atoms with E-state index in [2.05, 4.69) is 21.2 Å². The van der Waals surface area contributed by atoms with Gasteiger partial charge in [-0.2, -0.15) is 0 Å². The first kappa shape index (κ1) is 13.8. The number of hydrogen-bond acceptors (Lipinski definition) is 2. The van der Waals surface area contributed by atoms with Crippen molar-refractivity contribution in [1.29, 1.82) is 0 Å². The molecule has 0 aliphatic carbocycles. The molecule has 0 saturated carbocycles. The third kappa shape index (κ3) is 3.05. The van der Waals surface area contributed by atoms with Gasteiger partial charge in [-0.15, -0.1) is 0 Å². The normalized spacial score (nSPS) is 10.3. The number of benzene rings is 2. The largest absolute Gasteiger partial charge is 0.398 e. The zero-order valence-corrected chi connectivity index (χ0v) is 11.9. The molecule has 0 fully saturated rings. The summed E-state index contributed by atoms with van der Waals surface area (Å²) in [6.45, 7) is 0. The van der Waals surface area contributed by atoms with Crippen molar-refractivity contribution in [3.8, 4) is 0 Å². The van der Waals surface area contributed by atoms with Crippen LogP contribution in [0.4, 0.5) is 15.8 Å². The molecule has 0 aliphatic rings. The topological polar surface area (TPSA) is 55.1 Å². The van der Waals surface area contributed by atoms with Gasteiger partial charge in [0.15, 0.2) is 0 Å². The molecule has 3 nitrogen and oxygen atoms in total. The highest BCUT2D eigenvalue weighted by Crippen LogP contribution is 2.30. The minimum absolute atomic E-state index is 0.0758. The maximum absolute atomic E-state index is 13.1. The van der Waals surface area contributed by atoms with Crippen molar-refractivity contribution in [3.05, 3.63) is 57.3 Å². The van der Waals surface area contributed by atoms with Gasteiger partial charge in [-0.05, 0) is 46.3 Å². The Bertz CT molecular complexity index is 649. The first-order valence-electron chi connectivity index (χ1n) is 5.29. The second-order valence-electron chi connectivity index (χ2n) is 3.79. The molecule has 6 heteroatoms. The molecule has 0 bridgehead atoms. The highest BCUT2D eigenvalue weighted by molar-refractivity contribution is 9.10. The van der Waals surface area contributed by atoms with Gasteiger partial charge in [0, 0.05) is 5.69 Å². The predicted molar refractivity (Wildman–Crippen MR) is 77.9 cm³/mol. The number of anilines is 2. The quantitative estimate of drug-likeness (QED) is 0.807. The van der Waals surface area contributed by atoms with Crippen molar-refractivity contribution in [1.82, 2.24) is 0 Å². The lowest BCUT2D eigenvalue weighted by Crippen LogP contribution is -2.14. The SMILES string of the molecule is Nc1ccc(F)cc1C(=O)Nc1cccc(Cl)c1Br. The van der Waals surface area contributed by atoms with Crippen molar-refractivity contribution in [3.63, 3.8) is 0 Å². The fourth-order valence-electron chi connectivity index (χ4n) is 1.52. The van der Waals surface area contributed by atoms with Crippen molar-refractivity contribution in [2.24, 2.45) is 0 Å². The van der Waals surface area contributed by atoms with Gasteiger partial charge in [-0.25, -0.2) is 4.39 Å². The molecule has 0 radical (unpaired) electrons. The number of rotatable bonds is 2. The number of amides is 1. The van der Waals surface area contributed by atoms with E-state index in [1.54, 1.807) is 18.2 Å². The van der Waals surface area contributed by atoms with E-state index in [0.717, 1.165) is 6.07 Å². The van der Waals surface area contributed by atoms with E-state index in [1.807, 2.05) is 0 Å². The molecule has 2 aromatic rings. The average molecular weight is 344 g/mol. The molecule has 98 valence electrons. The monoisotopic (exact) mass is 342 g/mol. The smallest absolute Gasteiger partial charge is 0.257 e. The molecule has 0 saturated heterocycles. The number of carbonyl (C=O) groups excluding carboxylic acids is 1. The van der Waals surface area contributed by atoms with E-state index >= 15 is 0 Å². The second kappa shape index (κ2) is 5.59. The summed E-state index contributed by atoms with van der Waals surface area (Å²) in [5.41, 5.74) is 6.42. The minimum Gasteiger partial charge on any atom is -0.398 e. The molecule has 2 aromatic carbocycles. The molecule has 0 heterocycles. The molecular formula is C13H9BrClFN2O. The first-order chi connectivity index (χ1) is 8.99. The Morgan fingerprint density at radius 1 is 1.32 bits per heavy atom. The standard InChI is InChI=1S/C13H9BrClFN2O/c14-12-9(15)2-1-3-11(12)18-13(19)8-6-7(16)4-5-10(8)17/h1-6H,17H2,(H,18,19). The van der Waals surface area contributed by atoms with Crippen LogP contribution in [-0.4, -0.2) is 5.91 Å². The Labute approximate surface area is 122 Å². The number of halogens is 3. The van der Waals surface area contributed by atoms with Crippen molar-refractivity contribution >= 4 is 44.8 Å². The predicted octanol–water partition coefficient (Wildman–Crippen LogP) is 4.08. The van der Waals surface area contributed by atoms with E-state index in [1.165, 1.54) is 12.1 Å². The molecule has 0 unspecified atom stereocenters. The Kier molecular flexibility index (Phi) is 4.07. The molecule has 3 N–H and O–H groups in total. The number of carbonyl (C=O) groups is 1. The van der Waals surface area contributed by atoms with Crippen molar-refractivity contribution < 1.29 is 9.18 Å². The van der Waals surface area contributed by atoms with Crippen LogP contribution < -0.4 is 11.1 Å². The van der Waals surface area contributed by atoms with E-state index in [9.17, 15) is 9.18 Å². The first-order valence-corrected chi connectivity index (χ1v) is 6.46. The van der Waals surface area contributed by atoms with E-state index in [4.69, 9.17) is 17.3 Å². The summed E-state index contributed by atoms with van der Waals surface area (Å²) in [6, 6.07) is 8.67. The second-order valence-corrected chi connectivity index (χ2v) is 4.99. The lowest BCUT2D eigenvalue weighted by molar-refractivity contribution is 0.102. The van der Waals surface area contributed by atoms with Crippen LogP contribution in [0.3, 0.4) is 0 Å². The summed E-state index contributed by atoms with van der Waals surface area (Å²) in [5.74, 6) is -1.02. The molecular weight excluding hydrogens is 335 g/mol. The number of nitrogen functional groups attached to an aromatic ring is 1. The van der Waals surface area contributed by atoms with E-state index < -0.39 is 11.7 Å². The van der Waals surface area contributed by atoms with E-state index in [0.29, 0.717) is 15.2 Å². The van der Waals surface area contributed by atoms with Gasteiger partial charge in [0.1, 0.15) is 5.82 Å². The molecule has 0 spiro atoms. The van der Waals surface area contributed by atoms with Crippen LogP contribution in [-0.2, 0) is 0 Å². The van der Waals surface area contributed by atoms with E-state index in [-0.39, 0.29) is 11.3 Å². The van der Waals surface area contributed by atoms with Gasteiger partial charge >= 0.3 is 0 Å². The fraction of sp³-hybridized carbons (Fsp3) is 0. The van der Waals surface area contributed by atoms with Crippen LogP contribution in [0.1, 0.15) is 10.4 Å². The summed E-state index contributed by atoms with van der Waals surface area (Å²) in [4.78, 5) is 12.0. The van der Waals surface area contributed by atoms with Crippen molar-refractivity contribution in [2.75, 3.05) is 11.1 Å². The summed E-state index contributed by atoms with van der Waals surface area (Å²) in [6.07, 6.45) is 0. The van der Waals surface area contributed by atoms with Gasteiger partial charge in [0.05, 0.1) is 20.7 Å². The fourth-order valence-corrected chi connectivity index (χ4v) is 2.05. The molecule has 0 aliphatic heterocycles. The summed E-state index contributed by atoms with van der Waals surface area (Å²) in [5, 5.41) is 3.08. The van der Waals surface area contributed by atoms with Gasteiger partial charge < -0.3 is 11.1 Å². The summed E-state index contributed by atoms with van der Waals surface area (Å²) < 4.78 is 13.7. The zero-order valence-electron chi connectivity index (χ0n) is 9.58. The van der Waals surface area contributed by atoms with Gasteiger partial charge in [0.2, 0.25) is 0 Å². The third-order valence-corrected chi connectivity index (χ3v) is 3.86. The third-order valence-electron chi connectivity index (χ3n) is 2.46. The molecule has 0 atom stereocenters. The highest BCUT2D eigenvalue weighted by atomic mass is 79.9. The number of hydrogen-bond donors (Lipinski definition) is 2. The van der Waals surface area contributed by atoms with Gasteiger partial charge in [-0.3, -0.25) is 4.79 Å². The Morgan fingerprint density at radius 2 is 2.05 bits per heavy atom. The lowest BCUT2D eigenvalue weighted by Gasteiger charge is -2.10. The van der Waals surface area contributed by atoms with Crippen LogP contribution in [0.15, 0.2) is 40.9 Å². The maximum Gasteiger partial charge on any atom is 0.257 e. The van der Waals surface area contributed by atoms with Crippen LogP contribution >= 0.6 is 27.5 Å².